The van der Waals surface area contributed by atoms with E-state index in [4.69, 9.17) is 0 Å². The maximum absolute atomic E-state index is 3.16. The third-order valence-electron chi connectivity index (χ3n) is 2.01. The molecule has 0 aliphatic carbocycles. The van der Waals surface area contributed by atoms with E-state index in [0.29, 0.717) is 5.41 Å². The highest BCUT2D eigenvalue weighted by molar-refractivity contribution is 6.04. The molecule has 0 aromatic carbocycles. The molecule has 1 nitrogen and oxygen atoms in total. The van der Waals surface area contributed by atoms with Gasteiger partial charge in [-0.05, 0) is 18.4 Å². The van der Waals surface area contributed by atoms with E-state index in [1.807, 2.05) is 7.98 Å². The van der Waals surface area contributed by atoms with E-state index in [0.717, 1.165) is 6.54 Å². The number of hydrogen-bond acceptors (Lipinski definition) is 1. The molecule has 0 aromatic heterocycles. The second-order valence-corrected chi connectivity index (χ2v) is 3.37. The lowest BCUT2D eigenvalue weighted by Gasteiger charge is -2.21. The molecule has 0 aliphatic heterocycles. The fourth-order valence-corrected chi connectivity index (χ4v) is 0.640. The molecule has 1 N–H and O–H groups in total. The van der Waals surface area contributed by atoms with Gasteiger partial charge >= 0.3 is 0 Å². The Morgan fingerprint density at radius 3 is 2.33 bits per heavy atom. The first-order valence-corrected chi connectivity index (χ1v) is 3.77. The lowest BCUT2D eigenvalue weighted by atomic mass is 9.86. The SMILES string of the molecule is BNCCC(C)(C)CC. The topological polar surface area (TPSA) is 12.0 Å². The predicted molar refractivity (Wildman–Crippen MR) is 45.2 cm³/mol. The summed E-state index contributed by atoms with van der Waals surface area (Å²) in [6, 6.07) is 0. The van der Waals surface area contributed by atoms with Gasteiger partial charge in [0.1, 0.15) is 0 Å². The summed E-state index contributed by atoms with van der Waals surface area (Å²) in [6.07, 6.45) is 2.55. The molecule has 0 fully saturated rings. The van der Waals surface area contributed by atoms with Crippen LogP contribution < -0.4 is 5.23 Å². The third kappa shape index (κ3) is 4.52. The molecular formula is C7H18BN. The largest absolute Gasteiger partial charge is 0.362 e. The minimum Gasteiger partial charge on any atom is -0.362 e. The van der Waals surface area contributed by atoms with Crippen molar-refractivity contribution in [1.29, 1.82) is 0 Å². The predicted octanol–water partition coefficient (Wildman–Crippen LogP) is 0.950. The van der Waals surface area contributed by atoms with Gasteiger partial charge in [-0.1, -0.05) is 27.2 Å². The van der Waals surface area contributed by atoms with Gasteiger partial charge in [-0.3, -0.25) is 0 Å². The summed E-state index contributed by atoms with van der Waals surface area (Å²) in [5.41, 5.74) is 0.531. The second-order valence-electron chi connectivity index (χ2n) is 3.37. The van der Waals surface area contributed by atoms with Crippen LogP contribution in [0.25, 0.3) is 0 Å². The van der Waals surface area contributed by atoms with Crippen molar-refractivity contribution >= 4 is 7.98 Å². The first-order valence-electron chi connectivity index (χ1n) is 3.77. The molecule has 0 saturated heterocycles. The highest BCUT2D eigenvalue weighted by atomic mass is 14.7. The Hall–Kier alpha value is 0.0249. The van der Waals surface area contributed by atoms with Gasteiger partial charge in [0.2, 0.25) is 0 Å². The number of rotatable bonds is 4. The van der Waals surface area contributed by atoms with Crippen LogP contribution in [0.1, 0.15) is 33.6 Å². The lowest BCUT2D eigenvalue weighted by molar-refractivity contribution is 0.324. The summed E-state index contributed by atoms with van der Waals surface area (Å²) in [4.78, 5) is 0. The molecule has 0 radical (unpaired) electrons. The van der Waals surface area contributed by atoms with Gasteiger partial charge in [0.05, 0.1) is 0 Å². The standard InChI is InChI=1S/C7H18BN/c1-4-7(2,3)5-6-9-8/h9H,4-6,8H2,1-3H3. The van der Waals surface area contributed by atoms with Crippen molar-refractivity contribution in [3.05, 3.63) is 0 Å². The van der Waals surface area contributed by atoms with E-state index in [1.165, 1.54) is 12.8 Å². The third-order valence-corrected chi connectivity index (χ3v) is 2.01. The molecule has 0 atom stereocenters. The van der Waals surface area contributed by atoms with Crippen molar-refractivity contribution in [2.75, 3.05) is 6.54 Å². The molecule has 0 spiro atoms. The molecule has 0 aromatic rings. The van der Waals surface area contributed by atoms with Gasteiger partial charge in [-0.2, -0.15) is 0 Å². The van der Waals surface area contributed by atoms with Crippen LogP contribution >= 0.6 is 0 Å². The highest BCUT2D eigenvalue weighted by Crippen LogP contribution is 2.22. The van der Waals surface area contributed by atoms with E-state index in [9.17, 15) is 0 Å². The molecule has 9 heavy (non-hydrogen) atoms. The quantitative estimate of drug-likeness (QED) is 0.554. The van der Waals surface area contributed by atoms with Crippen LogP contribution in [0.5, 0.6) is 0 Å². The zero-order chi connectivity index (χ0) is 7.33. The summed E-state index contributed by atoms with van der Waals surface area (Å²) >= 11 is 0. The van der Waals surface area contributed by atoms with Crippen LogP contribution in [-0.4, -0.2) is 14.5 Å². The van der Waals surface area contributed by atoms with Gasteiger partial charge in [0.15, 0.2) is 7.98 Å². The molecule has 54 valence electrons. The summed E-state index contributed by atoms with van der Waals surface area (Å²) < 4.78 is 0. The Morgan fingerprint density at radius 1 is 1.44 bits per heavy atom. The van der Waals surface area contributed by atoms with E-state index >= 15 is 0 Å². The zero-order valence-electron chi connectivity index (χ0n) is 7.12. The first-order chi connectivity index (χ1) is 4.12. The summed E-state index contributed by atoms with van der Waals surface area (Å²) in [5, 5.41) is 3.16. The molecular weight excluding hydrogens is 109 g/mol. The molecule has 0 aliphatic rings. The van der Waals surface area contributed by atoms with Crippen molar-refractivity contribution in [2.45, 2.75) is 33.6 Å². The lowest BCUT2D eigenvalue weighted by Crippen LogP contribution is -2.19. The second kappa shape index (κ2) is 3.94. The van der Waals surface area contributed by atoms with Crippen LogP contribution in [-0.2, 0) is 0 Å². The summed E-state index contributed by atoms with van der Waals surface area (Å²) in [6.45, 7) is 8.01. The molecule has 0 amide bonds. The zero-order valence-corrected chi connectivity index (χ0v) is 7.12. The molecule has 2 heteroatoms. The Balaban J connectivity index is 3.33. The van der Waals surface area contributed by atoms with E-state index < -0.39 is 0 Å². The Labute approximate surface area is 59.7 Å². The Morgan fingerprint density at radius 2 is 2.00 bits per heavy atom. The number of hydrogen-bond donors (Lipinski definition) is 1. The van der Waals surface area contributed by atoms with Crippen molar-refractivity contribution < 1.29 is 0 Å². The minimum atomic E-state index is 0.531. The average molecular weight is 127 g/mol. The van der Waals surface area contributed by atoms with Crippen molar-refractivity contribution in [3.8, 4) is 0 Å². The summed E-state index contributed by atoms with van der Waals surface area (Å²) in [5.74, 6) is 0. The van der Waals surface area contributed by atoms with Crippen LogP contribution in [0.4, 0.5) is 0 Å². The number of nitrogens with one attached hydrogen (secondary N) is 1. The van der Waals surface area contributed by atoms with Crippen LogP contribution in [0.2, 0.25) is 0 Å². The van der Waals surface area contributed by atoms with E-state index in [1.54, 1.807) is 0 Å². The summed E-state index contributed by atoms with van der Waals surface area (Å²) in [7, 11) is 2.01. The molecule has 0 bridgehead atoms. The van der Waals surface area contributed by atoms with E-state index in [-0.39, 0.29) is 0 Å². The highest BCUT2D eigenvalue weighted by Gasteiger charge is 2.12. The Bertz CT molecular complexity index is 71.3. The van der Waals surface area contributed by atoms with Crippen molar-refractivity contribution in [2.24, 2.45) is 5.41 Å². The Kier molecular flexibility index (Phi) is 3.95. The molecule has 0 saturated carbocycles. The van der Waals surface area contributed by atoms with Gasteiger partial charge in [0.25, 0.3) is 0 Å². The van der Waals surface area contributed by atoms with Gasteiger partial charge in [0, 0.05) is 0 Å². The van der Waals surface area contributed by atoms with Gasteiger partial charge in [-0.25, -0.2) is 0 Å². The van der Waals surface area contributed by atoms with Gasteiger partial charge < -0.3 is 5.23 Å². The molecule has 0 unspecified atom stereocenters. The fourth-order valence-electron chi connectivity index (χ4n) is 0.640. The molecule has 0 rings (SSSR count). The fraction of sp³-hybridized carbons (Fsp3) is 1.00. The maximum atomic E-state index is 3.16. The smallest absolute Gasteiger partial charge is 0.181 e. The van der Waals surface area contributed by atoms with Crippen molar-refractivity contribution in [3.63, 3.8) is 0 Å². The maximum Gasteiger partial charge on any atom is 0.181 e. The van der Waals surface area contributed by atoms with Crippen LogP contribution in [0.3, 0.4) is 0 Å². The first kappa shape index (κ1) is 9.02. The molecule has 0 heterocycles. The normalized spacial score (nSPS) is 11.9. The van der Waals surface area contributed by atoms with Crippen molar-refractivity contribution in [1.82, 2.24) is 5.23 Å². The average Bonchev–Trinajstić information content (AvgIpc) is 1.84. The monoisotopic (exact) mass is 127 g/mol. The van der Waals surface area contributed by atoms with Gasteiger partial charge in [-0.15, -0.1) is 0 Å². The van der Waals surface area contributed by atoms with Crippen LogP contribution in [0, 0.1) is 5.41 Å². The van der Waals surface area contributed by atoms with E-state index in [2.05, 4.69) is 26.0 Å². The minimum absolute atomic E-state index is 0.531. The van der Waals surface area contributed by atoms with Crippen LogP contribution in [0.15, 0.2) is 0 Å².